The minimum absolute atomic E-state index is 0.173. The van der Waals surface area contributed by atoms with Crippen molar-refractivity contribution < 1.29 is 19.1 Å². The summed E-state index contributed by atoms with van der Waals surface area (Å²) in [4.78, 5) is 39.5. The van der Waals surface area contributed by atoms with Crippen molar-refractivity contribution in [2.45, 2.75) is 29.7 Å². The highest BCUT2D eigenvalue weighted by atomic mass is 32.2. The minimum atomic E-state index is -0.533. The molecule has 2 aliphatic heterocycles. The van der Waals surface area contributed by atoms with Crippen LogP contribution in [0, 0.1) is 6.92 Å². The van der Waals surface area contributed by atoms with Crippen LogP contribution in [0.25, 0.3) is 0 Å². The van der Waals surface area contributed by atoms with Gasteiger partial charge in [-0.1, -0.05) is 35.9 Å². The number of ether oxygens (including phenoxy) is 1. The molecule has 0 aliphatic carbocycles. The number of carbonyl (C=O) groups is 3. The summed E-state index contributed by atoms with van der Waals surface area (Å²) in [5.41, 5.74) is 3.85. The van der Waals surface area contributed by atoms with Crippen molar-refractivity contribution in [1.29, 1.82) is 0 Å². The SMILES string of the molecule is Cc1ccc(N2C(=O)CC(Sc3ccc(NC4OC(=O)c5ccccc54)cc3)C2=O)cc1. The van der Waals surface area contributed by atoms with Crippen LogP contribution in [0.5, 0.6) is 0 Å². The fraction of sp³-hybridized carbons (Fsp3) is 0.160. The van der Waals surface area contributed by atoms with Crippen LogP contribution >= 0.6 is 11.8 Å². The number of carbonyl (C=O) groups excluding carboxylic acids is 3. The summed E-state index contributed by atoms with van der Waals surface area (Å²) in [6.07, 6.45) is -0.360. The van der Waals surface area contributed by atoms with Crippen LogP contribution in [0.1, 0.15) is 34.1 Å². The van der Waals surface area contributed by atoms with E-state index in [9.17, 15) is 14.4 Å². The molecule has 2 aliphatic rings. The van der Waals surface area contributed by atoms with Crippen molar-refractivity contribution in [1.82, 2.24) is 0 Å². The number of esters is 1. The Morgan fingerprint density at radius 1 is 0.938 bits per heavy atom. The second kappa shape index (κ2) is 8.16. The molecule has 1 N–H and O–H groups in total. The van der Waals surface area contributed by atoms with E-state index in [1.807, 2.05) is 61.5 Å². The van der Waals surface area contributed by atoms with Crippen LogP contribution in [-0.4, -0.2) is 23.0 Å². The van der Waals surface area contributed by atoms with Crippen LogP contribution < -0.4 is 10.2 Å². The molecule has 0 radical (unpaired) electrons. The van der Waals surface area contributed by atoms with E-state index in [2.05, 4.69) is 5.32 Å². The number of anilines is 2. The maximum absolute atomic E-state index is 12.9. The van der Waals surface area contributed by atoms with E-state index in [1.54, 1.807) is 18.2 Å². The van der Waals surface area contributed by atoms with Gasteiger partial charge in [0.05, 0.1) is 16.5 Å². The number of benzene rings is 3. The Bertz CT molecular complexity index is 1210. The smallest absolute Gasteiger partial charge is 0.340 e. The van der Waals surface area contributed by atoms with E-state index >= 15 is 0 Å². The lowest BCUT2D eigenvalue weighted by molar-refractivity contribution is -0.121. The van der Waals surface area contributed by atoms with Crippen LogP contribution in [0.15, 0.2) is 77.7 Å². The molecule has 7 heteroatoms. The Morgan fingerprint density at radius 3 is 2.41 bits per heavy atom. The van der Waals surface area contributed by atoms with E-state index < -0.39 is 11.5 Å². The van der Waals surface area contributed by atoms with E-state index in [4.69, 9.17) is 4.74 Å². The van der Waals surface area contributed by atoms with Crippen LogP contribution in [0.2, 0.25) is 0 Å². The first-order valence-electron chi connectivity index (χ1n) is 10.3. The Morgan fingerprint density at radius 2 is 1.66 bits per heavy atom. The number of aryl methyl sites for hydroxylation is 1. The third-order valence-corrected chi connectivity index (χ3v) is 6.71. The molecular formula is C25H20N2O4S. The molecule has 0 aromatic heterocycles. The van der Waals surface area contributed by atoms with Gasteiger partial charge in [-0.15, -0.1) is 11.8 Å². The number of cyclic esters (lactones) is 1. The van der Waals surface area contributed by atoms with Gasteiger partial charge in [0.25, 0.3) is 0 Å². The molecule has 3 aromatic rings. The third-order valence-electron chi connectivity index (χ3n) is 5.52. The van der Waals surface area contributed by atoms with Crippen molar-refractivity contribution in [2.24, 2.45) is 0 Å². The first-order chi connectivity index (χ1) is 15.5. The highest BCUT2D eigenvalue weighted by molar-refractivity contribution is 8.00. The summed E-state index contributed by atoms with van der Waals surface area (Å²) < 4.78 is 5.42. The summed E-state index contributed by atoms with van der Waals surface area (Å²) in [7, 11) is 0. The fourth-order valence-corrected chi connectivity index (χ4v) is 4.91. The molecule has 2 unspecified atom stereocenters. The number of fused-ring (bicyclic) bond motifs is 1. The second-order valence-corrected chi connectivity index (χ2v) is 9.03. The number of rotatable bonds is 5. The maximum Gasteiger partial charge on any atom is 0.340 e. The standard InChI is InChI=1S/C25H20N2O4S/c1-15-6-10-17(11-7-15)27-22(28)14-21(24(27)29)32-18-12-8-16(9-13-18)26-23-19-4-2-3-5-20(19)25(30)31-23/h2-13,21,23,26H,14H2,1H3. The second-order valence-electron chi connectivity index (χ2n) is 7.75. The van der Waals surface area contributed by atoms with Gasteiger partial charge in [0.15, 0.2) is 0 Å². The number of imide groups is 1. The third kappa shape index (κ3) is 3.76. The Labute approximate surface area is 189 Å². The first kappa shape index (κ1) is 20.3. The summed E-state index contributed by atoms with van der Waals surface area (Å²) in [6, 6.07) is 22.2. The molecule has 32 heavy (non-hydrogen) atoms. The van der Waals surface area contributed by atoms with Gasteiger partial charge in [-0.3, -0.25) is 9.59 Å². The normalized spacial score (nSPS) is 19.8. The molecule has 6 nitrogen and oxygen atoms in total. The number of amides is 2. The van der Waals surface area contributed by atoms with Crippen molar-refractivity contribution in [3.05, 3.63) is 89.5 Å². The van der Waals surface area contributed by atoms with Crippen molar-refractivity contribution in [3.8, 4) is 0 Å². The molecule has 5 rings (SSSR count). The van der Waals surface area contributed by atoms with Crippen molar-refractivity contribution in [3.63, 3.8) is 0 Å². The van der Waals surface area contributed by atoms with Gasteiger partial charge in [-0.2, -0.15) is 0 Å². The molecule has 0 bridgehead atoms. The van der Waals surface area contributed by atoms with Gasteiger partial charge >= 0.3 is 5.97 Å². The Hall–Kier alpha value is -3.58. The number of nitrogens with zero attached hydrogens (tertiary/aromatic N) is 1. The monoisotopic (exact) mass is 444 g/mol. The largest absolute Gasteiger partial charge is 0.434 e. The quantitative estimate of drug-likeness (QED) is 0.454. The summed E-state index contributed by atoms with van der Waals surface area (Å²) in [5.74, 6) is -0.718. The van der Waals surface area contributed by atoms with Gasteiger partial charge in [-0.05, 0) is 49.4 Å². The van der Waals surface area contributed by atoms with E-state index in [0.717, 1.165) is 21.7 Å². The number of hydrogen-bond acceptors (Lipinski definition) is 6. The molecule has 1 fully saturated rings. The summed E-state index contributed by atoms with van der Waals surface area (Å²) in [5, 5.41) is 2.76. The Kier molecular flexibility index (Phi) is 5.19. The maximum atomic E-state index is 12.9. The molecule has 0 spiro atoms. The molecule has 2 amide bonds. The topological polar surface area (TPSA) is 75.7 Å². The van der Waals surface area contributed by atoms with E-state index in [1.165, 1.54) is 16.7 Å². The lowest BCUT2D eigenvalue weighted by Crippen LogP contribution is -2.31. The van der Waals surface area contributed by atoms with Crippen LogP contribution in [0.3, 0.4) is 0 Å². The zero-order valence-corrected chi connectivity index (χ0v) is 18.1. The molecular weight excluding hydrogens is 424 g/mol. The molecule has 2 atom stereocenters. The van der Waals surface area contributed by atoms with E-state index in [0.29, 0.717) is 11.3 Å². The van der Waals surface area contributed by atoms with Gasteiger partial charge < -0.3 is 10.1 Å². The summed E-state index contributed by atoms with van der Waals surface area (Å²) in [6.45, 7) is 1.96. The molecule has 160 valence electrons. The molecule has 1 saturated heterocycles. The Balaban J connectivity index is 1.25. The lowest BCUT2D eigenvalue weighted by Gasteiger charge is -2.16. The van der Waals surface area contributed by atoms with E-state index in [-0.39, 0.29) is 24.2 Å². The highest BCUT2D eigenvalue weighted by Crippen LogP contribution is 2.35. The average molecular weight is 445 g/mol. The zero-order chi connectivity index (χ0) is 22.2. The molecule has 0 saturated carbocycles. The molecule has 2 heterocycles. The van der Waals surface area contributed by atoms with Gasteiger partial charge in [0, 0.05) is 22.6 Å². The van der Waals surface area contributed by atoms with Gasteiger partial charge in [0.1, 0.15) is 0 Å². The number of thioether (sulfide) groups is 1. The number of hydrogen-bond donors (Lipinski definition) is 1. The highest BCUT2D eigenvalue weighted by Gasteiger charge is 2.40. The predicted octanol–water partition coefficient (Wildman–Crippen LogP) is 4.70. The minimum Gasteiger partial charge on any atom is -0.434 e. The lowest BCUT2D eigenvalue weighted by atomic mass is 10.1. The first-order valence-corrected chi connectivity index (χ1v) is 11.1. The average Bonchev–Trinajstić information content (AvgIpc) is 3.26. The van der Waals surface area contributed by atoms with Crippen molar-refractivity contribution in [2.75, 3.05) is 10.2 Å². The predicted molar refractivity (Wildman–Crippen MR) is 123 cm³/mol. The summed E-state index contributed by atoms with van der Waals surface area (Å²) >= 11 is 1.38. The fourth-order valence-electron chi connectivity index (χ4n) is 3.86. The van der Waals surface area contributed by atoms with Gasteiger partial charge in [0.2, 0.25) is 18.0 Å². The van der Waals surface area contributed by atoms with Crippen LogP contribution in [0.4, 0.5) is 11.4 Å². The zero-order valence-electron chi connectivity index (χ0n) is 17.3. The molecule has 3 aromatic carbocycles. The van der Waals surface area contributed by atoms with Crippen LogP contribution in [-0.2, 0) is 14.3 Å². The van der Waals surface area contributed by atoms with Crippen molar-refractivity contribution >= 4 is 40.9 Å². The van der Waals surface area contributed by atoms with Gasteiger partial charge in [-0.25, -0.2) is 9.69 Å². The number of nitrogens with one attached hydrogen (secondary N) is 1.